The number of nitrogens with zero attached hydrogens (tertiary/aromatic N) is 2. The Bertz CT molecular complexity index is 757. The van der Waals surface area contributed by atoms with E-state index in [0.717, 1.165) is 6.07 Å². The van der Waals surface area contributed by atoms with E-state index < -0.39 is 52.5 Å². The van der Waals surface area contributed by atoms with Crippen LogP contribution in [-0.2, 0) is 4.74 Å². The smallest absolute Gasteiger partial charge is 0.410 e. The molecule has 1 N–H and O–H groups in total. The first-order chi connectivity index (χ1) is 12.5. The number of ether oxygens (including phenoxy) is 1. The maximum Gasteiger partial charge on any atom is 0.410 e. The molecule has 0 unspecified atom stereocenters. The zero-order chi connectivity index (χ0) is 20.5. The number of piperazine rings is 1. The molecule has 0 saturated carbocycles. The van der Waals surface area contributed by atoms with Crippen molar-refractivity contribution in [3.63, 3.8) is 0 Å². The lowest BCUT2D eigenvalue weighted by molar-refractivity contribution is -0.00255. The van der Waals surface area contributed by atoms with E-state index >= 15 is 0 Å². The van der Waals surface area contributed by atoms with Gasteiger partial charge in [-0.25, -0.2) is 13.6 Å². The molecule has 1 heterocycles. The molecule has 0 aromatic heterocycles. The largest absolute Gasteiger partial charge is 0.444 e. The quantitative estimate of drug-likeness (QED) is 0.372. The van der Waals surface area contributed by atoms with Gasteiger partial charge in [-0.05, 0) is 49.4 Å². The monoisotopic (exact) mass is 516 g/mol. The van der Waals surface area contributed by atoms with Crippen LogP contribution in [0.3, 0.4) is 0 Å². The minimum absolute atomic E-state index is 0.0132. The molecular formula is C17H20ClF2IN2O4. The van der Waals surface area contributed by atoms with Crippen molar-refractivity contribution in [1.82, 2.24) is 9.80 Å². The number of aliphatic hydroxyl groups is 1. The molecule has 6 nitrogen and oxygen atoms in total. The van der Waals surface area contributed by atoms with Gasteiger partial charge < -0.3 is 19.6 Å². The molecule has 1 atom stereocenters. The zero-order valence-corrected chi connectivity index (χ0v) is 18.0. The van der Waals surface area contributed by atoms with Crippen molar-refractivity contribution >= 4 is 46.2 Å². The minimum atomic E-state index is -1.02. The molecule has 0 spiro atoms. The van der Waals surface area contributed by atoms with E-state index in [9.17, 15) is 23.5 Å². The summed E-state index contributed by atoms with van der Waals surface area (Å²) < 4.78 is 33.4. The van der Waals surface area contributed by atoms with Crippen molar-refractivity contribution in [3.8, 4) is 0 Å². The maximum atomic E-state index is 14.4. The lowest BCUT2D eigenvalue weighted by Gasteiger charge is -2.41. The van der Waals surface area contributed by atoms with Crippen molar-refractivity contribution < 1.29 is 28.2 Å². The maximum absolute atomic E-state index is 14.4. The van der Waals surface area contributed by atoms with Crippen LogP contribution in [0, 0.1) is 15.2 Å². The standard InChI is InChI=1S/C17H20ClF2IN2O4/c1-17(2,3)27-16(26)22-4-5-23(9(7-22)8-24)15(25)10-6-11(19)14(21)12(18)13(10)20/h6,9,24H,4-5,7-8H2,1-3H3/t9-/m1/s1. The highest BCUT2D eigenvalue weighted by Crippen LogP contribution is 2.29. The van der Waals surface area contributed by atoms with Crippen molar-refractivity contribution in [2.24, 2.45) is 0 Å². The number of aliphatic hydroxyl groups excluding tert-OH is 1. The first kappa shape index (κ1) is 22.1. The Labute approximate surface area is 174 Å². The summed E-state index contributed by atoms with van der Waals surface area (Å²) in [4.78, 5) is 27.5. The Hall–Kier alpha value is -1.20. The summed E-state index contributed by atoms with van der Waals surface area (Å²) in [6, 6.07) is 0.0132. The third-order valence-electron chi connectivity index (χ3n) is 3.94. The lowest BCUT2D eigenvalue weighted by atomic mass is 10.1. The van der Waals surface area contributed by atoms with E-state index in [2.05, 4.69) is 0 Å². The molecule has 1 aliphatic rings. The summed E-state index contributed by atoms with van der Waals surface area (Å²) in [5, 5.41) is 9.18. The van der Waals surface area contributed by atoms with Gasteiger partial charge in [0.1, 0.15) is 11.4 Å². The van der Waals surface area contributed by atoms with Crippen LogP contribution in [0.5, 0.6) is 0 Å². The van der Waals surface area contributed by atoms with Gasteiger partial charge in [0, 0.05) is 19.6 Å². The molecule has 0 bridgehead atoms. The third-order valence-corrected chi connectivity index (χ3v) is 5.67. The molecule has 10 heteroatoms. The van der Waals surface area contributed by atoms with Crippen LogP contribution >= 0.6 is 34.2 Å². The van der Waals surface area contributed by atoms with Crippen molar-refractivity contribution in [3.05, 3.63) is 31.9 Å². The van der Waals surface area contributed by atoms with Gasteiger partial charge in [-0.1, -0.05) is 11.6 Å². The molecule has 1 saturated heterocycles. The van der Waals surface area contributed by atoms with Gasteiger partial charge in [0.25, 0.3) is 5.91 Å². The second-order valence-electron chi connectivity index (χ2n) is 7.11. The number of halogens is 4. The second kappa shape index (κ2) is 8.44. The van der Waals surface area contributed by atoms with Gasteiger partial charge in [0.05, 0.1) is 26.8 Å². The van der Waals surface area contributed by atoms with E-state index in [1.165, 1.54) is 9.80 Å². The van der Waals surface area contributed by atoms with Crippen LogP contribution in [0.15, 0.2) is 6.07 Å². The molecule has 1 aliphatic heterocycles. The van der Waals surface area contributed by atoms with Gasteiger partial charge >= 0.3 is 6.09 Å². The highest BCUT2D eigenvalue weighted by molar-refractivity contribution is 14.1. The summed E-state index contributed by atoms with van der Waals surface area (Å²) in [7, 11) is 0. The highest BCUT2D eigenvalue weighted by Gasteiger charge is 2.36. The van der Waals surface area contributed by atoms with Crippen LogP contribution < -0.4 is 0 Å². The predicted molar refractivity (Wildman–Crippen MR) is 104 cm³/mol. The number of hydrogen-bond acceptors (Lipinski definition) is 4. The number of carbonyl (C=O) groups excluding carboxylic acids is 2. The zero-order valence-electron chi connectivity index (χ0n) is 15.1. The number of rotatable bonds is 2. The molecule has 1 aromatic rings. The SMILES string of the molecule is CC(C)(C)OC(=O)N1CCN(C(=O)c2cc(F)c(I)c(Cl)c2F)[C@@H](CO)C1. The topological polar surface area (TPSA) is 70.1 Å². The van der Waals surface area contributed by atoms with Gasteiger partial charge in [0.2, 0.25) is 0 Å². The predicted octanol–water partition coefficient (Wildman–Crippen LogP) is 3.28. The van der Waals surface area contributed by atoms with Gasteiger partial charge in [-0.2, -0.15) is 0 Å². The summed E-state index contributed by atoms with van der Waals surface area (Å²) in [5.74, 6) is -2.62. The van der Waals surface area contributed by atoms with E-state index in [-0.39, 0.29) is 23.2 Å². The number of amides is 2. The average Bonchev–Trinajstić information content (AvgIpc) is 2.60. The molecule has 0 aliphatic carbocycles. The Kier molecular flexibility index (Phi) is 6.91. The fraction of sp³-hybridized carbons (Fsp3) is 0.529. The summed E-state index contributed by atoms with van der Waals surface area (Å²) in [6.45, 7) is 4.92. The summed E-state index contributed by atoms with van der Waals surface area (Å²) in [6.07, 6.45) is -0.567. The van der Waals surface area contributed by atoms with Crippen LogP contribution in [0.1, 0.15) is 31.1 Å². The van der Waals surface area contributed by atoms with Crippen LogP contribution in [-0.4, -0.2) is 64.8 Å². The number of hydrogen-bond donors (Lipinski definition) is 1. The van der Waals surface area contributed by atoms with E-state index in [4.69, 9.17) is 16.3 Å². The van der Waals surface area contributed by atoms with Crippen molar-refractivity contribution in [1.29, 1.82) is 0 Å². The summed E-state index contributed by atoms with van der Waals surface area (Å²) in [5.41, 5.74) is -1.20. The molecule has 0 radical (unpaired) electrons. The van der Waals surface area contributed by atoms with Crippen LogP contribution in [0.4, 0.5) is 13.6 Å². The first-order valence-electron chi connectivity index (χ1n) is 8.19. The highest BCUT2D eigenvalue weighted by atomic mass is 127. The third kappa shape index (κ3) is 5.00. The van der Waals surface area contributed by atoms with Crippen molar-refractivity contribution in [2.75, 3.05) is 26.2 Å². The van der Waals surface area contributed by atoms with E-state index in [1.54, 1.807) is 43.4 Å². The van der Waals surface area contributed by atoms with Gasteiger partial charge in [0.15, 0.2) is 5.82 Å². The van der Waals surface area contributed by atoms with E-state index in [0.29, 0.717) is 0 Å². The van der Waals surface area contributed by atoms with Gasteiger partial charge in [-0.15, -0.1) is 0 Å². The number of carbonyl (C=O) groups is 2. The minimum Gasteiger partial charge on any atom is -0.444 e. The fourth-order valence-electron chi connectivity index (χ4n) is 2.65. The molecule has 27 heavy (non-hydrogen) atoms. The Morgan fingerprint density at radius 2 is 2.00 bits per heavy atom. The number of benzene rings is 1. The Morgan fingerprint density at radius 3 is 2.56 bits per heavy atom. The normalized spacial score (nSPS) is 17.9. The van der Waals surface area contributed by atoms with Crippen LogP contribution in [0.2, 0.25) is 5.02 Å². The molecular weight excluding hydrogens is 497 g/mol. The molecule has 1 aromatic carbocycles. The fourth-order valence-corrected chi connectivity index (χ4v) is 3.24. The Morgan fingerprint density at radius 1 is 1.37 bits per heavy atom. The summed E-state index contributed by atoms with van der Waals surface area (Å²) >= 11 is 7.31. The molecule has 2 amide bonds. The van der Waals surface area contributed by atoms with Crippen LogP contribution in [0.25, 0.3) is 0 Å². The van der Waals surface area contributed by atoms with Crippen molar-refractivity contribution in [2.45, 2.75) is 32.4 Å². The molecule has 2 rings (SSSR count). The molecule has 1 fully saturated rings. The second-order valence-corrected chi connectivity index (χ2v) is 8.57. The van der Waals surface area contributed by atoms with Gasteiger partial charge in [-0.3, -0.25) is 4.79 Å². The average molecular weight is 517 g/mol. The van der Waals surface area contributed by atoms with E-state index in [1.807, 2.05) is 0 Å². The lowest BCUT2D eigenvalue weighted by Crippen LogP contribution is -2.58. The Balaban J connectivity index is 2.21. The molecule has 150 valence electrons. The first-order valence-corrected chi connectivity index (χ1v) is 9.64.